The second kappa shape index (κ2) is 4.56. The van der Waals surface area contributed by atoms with Crippen molar-refractivity contribution in [3.05, 3.63) is 64.3 Å². The highest BCUT2D eigenvalue weighted by Crippen LogP contribution is 2.37. The van der Waals surface area contributed by atoms with Crippen molar-refractivity contribution < 1.29 is 13.9 Å². The summed E-state index contributed by atoms with van der Waals surface area (Å²) in [6.45, 7) is 1.81. The van der Waals surface area contributed by atoms with E-state index in [-0.39, 0.29) is 17.3 Å². The van der Waals surface area contributed by atoms with Crippen molar-refractivity contribution in [2.24, 2.45) is 0 Å². The van der Waals surface area contributed by atoms with E-state index in [1.54, 1.807) is 24.3 Å². The van der Waals surface area contributed by atoms with Crippen LogP contribution in [-0.4, -0.2) is 5.97 Å². The van der Waals surface area contributed by atoms with Gasteiger partial charge in [0.15, 0.2) is 5.43 Å². The number of hydrogen-bond donors (Lipinski definition) is 0. The molecular formula is C18H12O4. The maximum Gasteiger partial charge on any atom is 0.318 e. The molecule has 2 aromatic carbocycles. The van der Waals surface area contributed by atoms with E-state index in [0.717, 1.165) is 5.56 Å². The van der Waals surface area contributed by atoms with E-state index in [9.17, 15) is 9.59 Å². The molecule has 1 aromatic heterocycles. The minimum absolute atomic E-state index is 0.0947. The lowest BCUT2D eigenvalue weighted by molar-refractivity contribution is -0.133. The van der Waals surface area contributed by atoms with Gasteiger partial charge in [0.2, 0.25) is 0 Å². The molecular weight excluding hydrogens is 280 g/mol. The monoisotopic (exact) mass is 292 g/mol. The highest BCUT2D eigenvalue weighted by atomic mass is 16.5. The molecule has 1 aliphatic heterocycles. The van der Waals surface area contributed by atoms with Crippen molar-refractivity contribution in [3.63, 3.8) is 0 Å². The highest BCUT2D eigenvalue weighted by molar-refractivity contribution is 5.87. The lowest BCUT2D eigenvalue weighted by Crippen LogP contribution is -2.05. The lowest BCUT2D eigenvalue weighted by Gasteiger charge is -2.05. The predicted molar refractivity (Wildman–Crippen MR) is 82.0 cm³/mol. The molecule has 0 fully saturated rings. The smallest absolute Gasteiger partial charge is 0.318 e. The molecule has 0 aliphatic carbocycles. The van der Waals surface area contributed by atoms with Crippen LogP contribution in [0, 0.1) is 0 Å². The Bertz CT molecular complexity index is 968. The van der Waals surface area contributed by atoms with Gasteiger partial charge < -0.3 is 9.15 Å². The van der Waals surface area contributed by atoms with E-state index >= 15 is 0 Å². The molecule has 1 aliphatic rings. The van der Waals surface area contributed by atoms with E-state index in [1.807, 2.05) is 25.1 Å². The van der Waals surface area contributed by atoms with E-state index in [1.165, 1.54) is 6.07 Å². The quantitative estimate of drug-likeness (QED) is 0.509. The molecule has 0 N–H and O–H groups in total. The van der Waals surface area contributed by atoms with Gasteiger partial charge in [0.25, 0.3) is 0 Å². The Kier molecular flexibility index (Phi) is 2.66. The number of rotatable bonds is 1. The zero-order chi connectivity index (χ0) is 15.3. The van der Waals surface area contributed by atoms with Gasteiger partial charge in [0.05, 0.1) is 11.3 Å². The maximum absolute atomic E-state index is 12.2. The lowest BCUT2D eigenvalue weighted by atomic mass is 10.0. The summed E-state index contributed by atoms with van der Waals surface area (Å²) < 4.78 is 11.0. The van der Waals surface area contributed by atoms with Gasteiger partial charge in [-0.1, -0.05) is 24.3 Å². The van der Waals surface area contributed by atoms with Gasteiger partial charge in [0, 0.05) is 17.2 Å². The third-order valence-electron chi connectivity index (χ3n) is 3.96. The van der Waals surface area contributed by atoms with Crippen molar-refractivity contribution in [1.82, 2.24) is 0 Å². The first-order valence-electron chi connectivity index (χ1n) is 7.02. The van der Waals surface area contributed by atoms with E-state index < -0.39 is 0 Å². The number of benzene rings is 2. The van der Waals surface area contributed by atoms with Gasteiger partial charge in [-0.25, -0.2) is 0 Å². The Balaban J connectivity index is 1.88. The van der Waals surface area contributed by atoms with Crippen molar-refractivity contribution in [3.8, 4) is 17.1 Å². The maximum atomic E-state index is 12.2. The molecule has 0 saturated carbocycles. The minimum Gasteiger partial charge on any atom is -0.456 e. The van der Waals surface area contributed by atoms with Crippen LogP contribution in [0.25, 0.3) is 22.3 Å². The number of carbonyl (C=O) groups is 1. The summed E-state index contributed by atoms with van der Waals surface area (Å²) in [6, 6.07) is 14.0. The first-order chi connectivity index (χ1) is 10.6. The summed E-state index contributed by atoms with van der Waals surface area (Å²) in [5, 5.41) is 0.549. The molecule has 4 heteroatoms. The molecule has 3 aromatic rings. The van der Waals surface area contributed by atoms with E-state index in [2.05, 4.69) is 0 Å². The molecule has 1 atom stereocenters. The third-order valence-corrected chi connectivity index (χ3v) is 3.96. The number of hydrogen-bond acceptors (Lipinski definition) is 4. The van der Waals surface area contributed by atoms with Crippen LogP contribution in [0.5, 0.6) is 5.75 Å². The van der Waals surface area contributed by atoms with Crippen LogP contribution in [0.4, 0.5) is 0 Å². The van der Waals surface area contributed by atoms with Crippen LogP contribution in [0.1, 0.15) is 18.4 Å². The molecule has 108 valence electrons. The average molecular weight is 292 g/mol. The zero-order valence-corrected chi connectivity index (χ0v) is 11.8. The van der Waals surface area contributed by atoms with Crippen molar-refractivity contribution >= 4 is 16.9 Å². The van der Waals surface area contributed by atoms with Crippen molar-refractivity contribution in [2.45, 2.75) is 12.8 Å². The molecule has 4 rings (SSSR count). The summed E-state index contributed by atoms with van der Waals surface area (Å²) in [5.74, 6) is 0.479. The highest BCUT2D eigenvalue weighted by Gasteiger charge is 2.29. The van der Waals surface area contributed by atoms with Crippen molar-refractivity contribution in [2.75, 3.05) is 0 Å². The fraction of sp³-hybridized carbons (Fsp3) is 0.111. The topological polar surface area (TPSA) is 56.5 Å². The summed E-state index contributed by atoms with van der Waals surface area (Å²) in [7, 11) is 0. The Morgan fingerprint density at radius 2 is 1.82 bits per heavy atom. The fourth-order valence-corrected chi connectivity index (χ4v) is 2.70. The van der Waals surface area contributed by atoms with Crippen LogP contribution < -0.4 is 10.2 Å². The normalized spacial score (nSPS) is 16.6. The van der Waals surface area contributed by atoms with Crippen LogP contribution >= 0.6 is 0 Å². The van der Waals surface area contributed by atoms with Crippen LogP contribution in [0.2, 0.25) is 0 Å². The second-order valence-electron chi connectivity index (χ2n) is 5.37. The van der Waals surface area contributed by atoms with Gasteiger partial charge in [-0.3, -0.25) is 9.59 Å². The Hall–Kier alpha value is -2.88. The number of para-hydroxylation sites is 1. The van der Waals surface area contributed by atoms with Crippen molar-refractivity contribution in [1.29, 1.82) is 0 Å². The largest absolute Gasteiger partial charge is 0.456 e. The van der Waals surface area contributed by atoms with Gasteiger partial charge >= 0.3 is 5.97 Å². The van der Waals surface area contributed by atoms with E-state index in [0.29, 0.717) is 28.0 Å². The van der Waals surface area contributed by atoms with Gasteiger partial charge in [0.1, 0.15) is 17.1 Å². The molecule has 22 heavy (non-hydrogen) atoms. The first kappa shape index (κ1) is 12.8. The fourth-order valence-electron chi connectivity index (χ4n) is 2.70. The molecule has 0 radical (unpaired) electrons. The zero-order valence-electron chi connectivity index (χ0n) is 11.8. The molecule has 0 saturated heterocycles. The van der Waals surface area contributed by atoms with E-state index in [4.69, 9.17) is 9.15 Å². The van der Waals surface area contributed by atoms with Crippen LogP contribution in [0.15, 0.2) is 57.7 Å². The molecule has 2 heterocycles. The number of ether oxygens (including phenoxy) is 1. The molecule has 0 bridgehead atoms. The summed E-state index contributed by atoms with van der Waals surface area (Å²) >= 11 is 0. The van der Waals surface area contributed by atoms with Crippen LogP contribution in [-0.2, 0) is 4.79 Å². The molecule has 4 nitrogen and oxygen atoms in total. The SMILES string of the molecule is CC1C(=O)Oc2cc(-c3cc(=O)c4ccccc4o3)ccc21. The second-order valence-corrected chi connectivity index (χ2v) is 5.37. The van der Waals surface area contributed by atoms with Gasteiger partial charge in [-0.15, -0.1) is 0 Å². The number of esters is 1. The number of carbonyl (C=O) groups excluding carboxylic acids is 1. The molecule has 0 spiro atoms. The summed E-state index contributed by atoms with van der Waals surface area (Å²) in [5.41, 5.74) is 2.01. The Morgan fingerprint density at radius 1 is 1.00 bits per heavy atom. The standard InChI is InChI=1S/C18H12O4/c1-10-12-7-6-11(8-17(12)22-18(10)20)16-9-14(19)13-4-2-3-5-15(13)21-16/h2-10H,1H3. The summed E-state index contributed by atoms with van der Waals surface area (Å²) in [4.78, 5) is 23.8. The van der Waals surface area contributed by atoms with Crippen LogP contribution in [0.3, 0.4) is 0 Å². The molecule has 0 amide bonds. The van der Waals surface area contributed by atoms with Gasteiger partial charge in [-0.2, -0.15) is 0 Å². The first-order valence-corrected chi connectivity index (χ1v) is 7.02. The van der Waals surface area contributed by atoms with Gasteiger partial charge in [-0.05, 0) is 25.1 Å². The molecule has 1 unspecified atom stereocenters. The Morgan fingerprint density at radius 3 is 2.68 bits per heavy atom. The third kappa shape index (κ3) is 1.84. The summed E-state index contributed by atoms with van der Waals surface area (Å²) in [6.07, 6.45) is 0. The number of fused-ring (bicyclic) bond motifs is 2. The predicted octanol–water partition coefficient (Wildman–Crippen LogP) is 3.48. The Labute approximate surface area is 126 Å². The average Bonchev–Trinajstić information content (AvgIpc) is 2.81. The minimum atomic E-state index is -0.257.